The number of carbonyl (C=O) groups is 1. The number of aliphatic hydroxyl groups excluding tert-OH is 1. The number of nitrogens with one attached hydrogen (secondary N) is 1. The van der Waals surface area contributed by atoms with Crippen LogP contribution in [0.2, 0.25) is 0 Å². The summed E-state index contributed by atoms with van der Waals surface area (Å²) in [6.07, 6.45) is 1.03. The quantitative estimate of drug-likeness (QED) is 0.829. The van der Waals surface area contributed by atoms with Crippen LogP contribution in [0.1, 0.15) is 35.7 Å². The standard InChI is InChI=1S/C16H18FNO3/c1-16(7-9-21-11-16)18-15(20)14-10-13(17)6-5-12(14)4-2-3-8-19/h5-6,10,19H,3,7-9,11H2,1H3,(H,18,20). The summed E-state index contributed by atoms with van der Waals surface area (Å²) >= 11 is 0. The van der Waals surface area contributed by atoms with Crippen molar-refractivity contribution in [3.8, 4) is 11.8 Å². The minimum absolute atomic E-state index is 0.0505. The van der Waals surface area contributed by atoms with Crippen molar-refractivity contribution >= 4 is 5.91 Å². The molecule has 4 nitrogen and oxygen atoms in total. The summed E-state index contributed by atoms with van der Waals surface area (Å²) in [5.74, 6) is 4.68. The molecule has 0 aromatic heterocycles. The monoisotopic (exact) mass is 291 g/mol. The number of hydrogen-bond donors (Lipinski definition) is 2. The van der Waals surface area contributed by atoms with E-state index >= 15 is 0 Å². The second-order valence-electron chi connectivity index (χ2n) is 5.28. The summed E-state index contributed by atoms with van der Waals surface area (Å²) in [7, 11) is 0. The smallest absolute Gasteiger partial charge is 0.253 e. The van der Waals surface area contributed by atoms with E-state index < -0.39 is 11.4 Å². The molecule has 0 saturated carbocycles. The first-order valence-electron chi connectivity index (χ1n) is 6.84. The minimum Gasteiger partial charge on any atom is -0.395 e. The molecule has 1 aromatic carbocycles. The maximum absolute atomic E-state index is 13.4. The fourth-order valence-corrected chi connectivity index (χ4v) is 2.13. The first-order chi connectivity index (χ1) is 10.0. The molecule has 0 radical (unpaired) electrons. The molecule has 2 rings (SSSR count). The Morgan fingerprint density at radius 3 is 3.05 bits per heavy atom. The van der Waals surface area contributed by atoms with Crippen molar-refractivity contribution in [3.05, 3.63) is 35.1 Å². The van der Waals surface area contributed by atoms with E-state index in [1.165, 1.54) is 18.2 Å². The first kappa shape index (κ1) is 15.5. The van der Waals surface area contributed by atoms with Crippen LogP contribution in [0.5, 0.6) is 0 Å². The predicted molar refractivity (Wildman–Crippen MR) is 76.3 cm³/mol. The molecular formula is C16H18FNO3. The zero-order valence-electron chi connectivity index (χ0n) is 11.9. The van der Waals surface area contributed by atoms with Crippen molar-refractivity contribution in [1.29, 1.82) is 0 Å². The zero-order chi connectivity index (χ0) is 15.3. The Labute approximate surface area is 123 Å². The van der Waals surface area contributed by atoms with Crippen LogP contribution in [0.25, 0.3) is 0 Å². The van der Waals surface area contributed by atoms with Gasteiger partial charge in [-0.05, 0) is 31.5 Å². The first-order valence-corrected chi connectivity index (χ1v) is 6.84. The molecule has 2 N–H and O–H groups in total. The van der Waals surface area contributed by atoms with E-state index in [0.717, 1.165) is 6.42 Å². The lowest BCUT2D eigenvalue weighted by Gasteiger charge is -2.23. The molecule has 1 atom stereocenters. The van der Waals surface area contributed by atoms with Gasteiger partial charge in [0.2, 0.25) is 0 Å². The van der Waals surface area contributed by atoms with Gasteiger partial charge in [0.25, 0.3) is 5.91 Å². The van der Waals surface area contributed by atoms with E-state index in [-0.39, 0.29) is 18.1 Å². The molecule has 0 spiro atoms. The van der Waals surface area contributed by atoms with E-state index in [9.17, 15) is 9.18 Å². The van der Waals surface area contributed by atoms with Gasteiger partial charge < -0.3 is 15.2 Å². The Bertz CT molecular complexity index is 583. The zero-order valence-corrected chi connectivity index (χ0v) is 11.9. The van der Waals surface area contributed by atoms with Crippen molar-refractivity contribution in [2.45, 2.75) is 25.3 Å². The lowest BCUT2D eigenvalue weighted by Crippen LogP contribution is -2.46. The maximum Gasteiger partial charge on any atom is 0.253 e. The highest BCUT2D eigenvalue weighted by atomic mass is 19.1. The highest BCUT2D eigenvalue weighted by molar-refractivity contribution is 5.97. The van der Waals surface area contributed by atoms with E-state index in [1.807, 2.05) is 6.92 Å². The average molecular weight is 291 g/mol. The van der Waals surface area contributed by atoms with Crippen LogP contribution in [0.3, 0.4) is 0 Å². The Balaban J connectivity index is 2.23. The Morgan fingerprint density at radius 2 is 2.38 bits per heavy atom. The van der Waals surface area contributed by atoms with Gasteiger partial charge in [0, 0.05) is 18.6 Å². The molecule has 1 unspecified atom stereocenters. The largest absolute Gasteiger partial charge is 0.395 e. The number of benzene rings is 1. The SMILES string of the molecule is CC1(NC(=O)c2cc(F)ccc2C#CCCO)CCOC1. The maximum atomic E-state index is 13.4. The average Bonchev–Trinajstić information content (AvgIpc) is 2.87. The van der Waals surface area contributed by atoms with Crippen LogP contribution >= 0.6 is 0 Å². The number of rotatable bonds is 3. The van der Waals surface area contributed by atoms with Gasteiger partial charge in [0.1, 0.15) is 5.82 Å². The predicted octanol–water partition coefficient (Wildman–Crippen LogP) is 1.47. The van der Waals surface area contributed by atoms with E-state index in [0.29, 0.717) is 25.2 Å². The van der Waals surface area contributed by atoms with Crippen LogP contribution in [-0.2, 0) is 4.74 Å². The van der Waals surface area contributed by atoms with Crippen molar-refractivity contribution in [2.75, 3.05) is 19.8 Å². The van der Waals surface area contributed by atoms with Crippen molar-refractivity contribution < 1.29 is 19.0 Å². The van der Waals surface area contributed by atoms with Crippen LogP contribution in [-0.4, -0.2) is 36.4 Å². The van der Waals surface area contributed by atoms with Gasteiger partial charge in [0.05, 0.1) is 24.3 Å². The number of ether oxygens (including phenoxy) is 1. The number of amides is 1. The van der Waals surface area contributed by atoms with Gasteiger partial charge in [-0.1, -0.05) is 11.8 Å². The van der Waals surface area contributed by atoms with E-state index in [1.54, 1.807) is 0 Å². The number of halogens is 1. The summed E-state index contributed by atoms with van der Waals surface area (Å²) in [4.78, 5) is 12.4. The molecule has 1 aliphatic heterocycles. The second-order valence-corrected chi connectivity index (χ2v) is 5.28. The van der Waals surface area contributed by atoms with Crippen molar-refractivity contribution in [1.82, 2.24) is 5.32 Å². The molecule has 21 heavy (non-hydrogen) atoms. The molecular weight excluding hydrogens is 273 g/mol. The fraction of sp³-hybridized carbons (Fsp3) is 0.438. The normalized spacial score (nSPS) is 20.7. The molecule has 0 bridgehead atoms. The summed E-state index contributed by atoms with van der Waals surface area (Å²) < 4.78 is 18.7. The van der Waals surface area contributed by atoms with Gasteiger partial charge in [-0.3, -0.25) is 4.79 Å². The Morgan fingerprint density at radius 1 is 1.57 bits per heavy atom. The third-order valence-corrected chi connectivity index (χ3v) is 3.32. The highest BCUT2D eigenvalue weighted by Gasteiger charge is 2.32. The fourth-order valence-electron chi connectivity index (χ4n) is 2.13. The molecule has 1 aromatic rings. The third-order valence-electron chi connectivity index (χ3n) is 3.32. The number of aliphatic hydroxyl groups is 1. The van der Waals surface area contributed by atoms with Crippen molar-refractivity contribution in [2.24, 2.45) is 0 Å². The van der Waals surface area contributed by atoms with Gasteiger partial charge in [-0.15, -0.1) is 0 Å². The minimum atomic E-state index is -0.485. The molecule has 112 valence electrons. The lowest BCUT2D eigenvalue weighted by molar-refractivity contribution is 0.0889. The van der Waals surface area contributed by atoms with Crippen LogP contribution in [0.15, 0.2) is 18.2 Å². The summed E-state index contributed by atoms with van der Waals surface area (Å²) in [5, 5.41) is 11.6. The molecule has 0 aliphatic carbocycles. The van der Waals surface area contributed by atoms with Crippen LogP contribution < -0.4 is 5.32 Å². The summed E-state index contributed by atoms with van der Waals surface area (Å²) in [6, 6.07) is 3.92. The second kappa shape index (κ2) is 6.70. The van der Waals surface area contributed by atoms with Gasteiger partial charge in [0.15, 0.2) is 0 Å². The lowest BCUT2D eigenvalue weighted by atomic mass is 9.99. The molecule has 1 saturated heterocycles. The number of hydrogen-bond acceptors (Lipinski definition) is 3. The van der Waals surface area contributed by atoms with Crippen molar-refractivity contribution in [3.63, 3.8) is 0 Å². The summed E-state index contributed by atoms with van der Waals surface area (Å²) in [5.41, 5.74) is 0.220. The Hall–Kier alpha value is -1.90. The Kier molecular flexibility index (Phi) is 4.94. The van der Waals surface area contributed by atoms with Gasteiger partial charge >= 0.3 is 0 Å². The van der Waals surface area contributed by atoms with Crippen LogP contribution in [0, 0.1) is 17.7 Å². The van der Waals surface area contributed by atoms with E-state index in [2.05, 4.69) is 17.2 Å². The molecule has 5 heteroatoms. The third kappa shape index (κ3) is 4.03. The molecule has 1 heterocycles. The molecule has 1 fully saturated rings. The molecule has 1 amide bonds. The highest BCUT2D eigenvalue weighted by Crippen LogP contribution is 2.19. The topological polar surface area (TPSA) is 58.6 Å². The van der Waals surface area contributed by atoms with Crippen LogP contribution in [0.4, 0.5) is 4.39 Å². The van der Waals surface area contributed by atoms with E-state index in [4.69, 9.17) is 9.84 Å². The van der Waals surface area contributed by atoms with Gasteiger partial charge in [-0.25, -0.2) is 4.39 Å². The number of carbonyl (C=O) groups excluding carboxylic acids is 1. The van der Waals surface area contributed by atoms with Gasteiger partial charge in [-0.2, -0.15) is 0 Å². The molecule has 1 aliphatic rings. The summed E-state index contributed by atoms with van der Waals surface area (Å²) in [6.45, 7) is 2.89.